The third-order valence-corrected chi connectivity index (χ3v) is 3.30. The van der Waals surface area contributed by atoms with Crippen molar-refractivity contribution in [3.8, 4) is 0 Å². The standard InChI is InChI=1S/C12H16N2O/c13-9-1-3-10(4-2-9)14-7-11-5-6-12(8-14)15-11/h1-4,11-12H,5-8,13H2/t11-,12-/m0/s1. The molecule has 0 saturated carbocycles. The lowest BCUT2D eigenvalue weighted by Gasteiger charge is -2.33. The molecule has 1 aromatic carbocycles. The van der Waals surface area contributed by atoms with Gasteiger partial charge in [-0.2, -0.15) is 0 Å². The summed E-state index contributed by atoms with van der Waals surface area (Å²) in [6.07, 6.45) is 3.33. The number of anilines is 2. The molecule has 2 fully saturated rings. The molecule has 0 spiro atoms. The zero-order valence-corrected chi connectivity index (χ0v) is 8.73. The lowest BCUT2D eigenvalue weighted by molar-refractivity contribution is 0.0305. The number of nitrogens with zero attached hydrogens (tertiary/aromatic N) is 1. The summed E-state index contributed by atoms with van der Waals surface area (Å²) >= 11 is 0. The lowest BCUT2D eigenvalue weighted by atomic mass is 10.2. The molecule has 2 aliphatic rings. The van der Waals surface area contributed by atoms with Gasteiger partial charge in [0.25, 0.3) is 0 Å². The summed E-state index contributed by atoms with van der Waals surface area (Å²) in [5.41, 5.74) is 7.78. The summed E-state index contributed by atoms with van der Waals surface area (Å²) in [6, 6.07) is 8.12. The van der Waals surface area contributed by atoms with Gasteiger partial charge in [-0.3, -0.25) is 0 Å². The van der Waals surface area contributed by atoms with Crippen LogP contribution in [-0.2, 0) is 4.74 Å². The smallest absolute Gasteiger partial charge is 0.0755 e. The van der Waals surface area contributed by atoms with E-state index in [1.807, 2.05) is 12.1 Å². The highest BCUT2D eigenvalue weighted by atomic mass is 16.5. The summed E-state index contributed by atoms with van der Waals surface area (Å²) in [5, 5.41) is 0. The van der Waals surface area contributed by atoms with Crippen molar-refractivity contribution in [1.29, 1.82) is 0 Å². The van der Waals surface area contributed by atoms with E-state index >= 15 is 0 Å². The van der Waals surface area contributed by atoms with E-state index in [2.05, 4.69) is 17.0 Å². The van der Waals surface area contributed by atoms with Crippen LogP contribution in [0, 0.1) is 0 Å². The Balaban J connectivity index is 1.80. The molecule has 3 rings (SSSR count). The first kappa shape index (κ1) is 9.04. The molecule has 2 aliphatic heterocycles. The maximum Gasteiger partial charge on any atom is 0.0755 e. The van der Waals surface area contributed by atoms with Gasteiger partial charge in [-0.05, 0) is 37.1 Å². The van der Waals surface area contributed by atoms with Crippen molar-refractivity contribution in [3.05, 3.63) is 24.3 Å². The molecular formula is C12H16N2O. The Hall–Kier alpha value is -1.22. The van der Waals surface area contributed by atoms with Crippen molar-refractivity contribution in [2.45, 2.75) is 25.0 Å². The van der Waals surface area contributed by atoms with E-state index in [-0.39, 0.29) is 0 Å². The molecule has 0 aliphatic carbocycles. The molecule has 1 aromatic rings. The van der Waals surface area contributed by atoms with Gasteiger partial charge in [-0.25, -0.2) is 0 Å². The van der Waals surface area contributed by atoms with Crippen molar-refractivity contribution >= 4 is 11.4 Å². The van der Waals surface area contributed by atoms with Crippen molar-refractivity contribution in [2.24, 2.45) is 0 Å². The molecule has 0 radical (unpaired) electrons. The zero-order valence-electron chi connectivity index (χ0n) is 8.73. The monoisotopic (exact) mass is 204 g/mol. The second-order valence-electron chi connectivity index (χ2n) is 4.45. The van der Waals surface area contributed by atoms with Crippen molar-refractivity contribution in [3.63, 3.8) is 0 Å². The van der Waals surface area contributed by atoms with Crippen molar-refractivity contribution in [1.82, 2.24) is 0 Å². The van der Waals surface area contributed by atoms with Gasteiger partial charge in [-0.1, -0.05) is 0 Å². The van der Waals surface area contributed by atoms with Gasteiger partial charge in [0, 0.05) is 24.5 Å². The van der Waals surface area contributed by atoms with E-state index < -0.39 is 0 Å². The number of nitrogen functional groups attached to an aromatic ring is 1. The van der Waals surface area contributed by atoms with Gasteiger partial charge in [0.1, 0.15) is 0 Å². The van der Waals surface area contributed by atoms with E-state index in [4.69, 9.17) is 10.5 Å². The molecule has 2 bridgehead atoms. The number of hydrogen-bond acceptors (Lipinski definition) is 3. The van der Waals surface area contributed by atoms with E-state index in [0.29, 0.717) is 12.2 Å². The molecule has 2 N–H and O–H groups in total. The highest BCUT2D eigenvalue weighted by Gasteiger charge is 2.33. The van der Waals surface area contributed by atoms with Crippen LogP contribution in [0.3, 0.4) is 0 Å². The van der Waals surface area contributed by atoms with Gasteiger partial charge in [-0.15, -0.1) is 0 Å². The average Bonchev–Trinajstić information content (AvgIpc) is 2.59. The number of hydrogen-bond donors (Lipinski definition) is 1. The predicted octanol–water partition coefficient (Wildman–Crippen LogP) is 1.64. The molecule has 0 aromatic heterocycles. The first-order chi connectivity index (χ1) is 7.31. The second-order valence-corrected chi connectivity index (χ2v) is 4.45. The third kappa shape index (κ3) is 1.67. The Morgan fingerprint density at radius 1 is 1.07 bits per heavy atom. The number of benzene rings is 1. The Morgan fingerprint density at radius 2 is 1.67 bits per heavy atom. The zero-order chi connectivity index (χ0) is 10.3. The third-order valence-electron chi connectivity index (χ3n) is 3.30. The van der Waals surface area contributed by atoms with Crippen LogP contribution >= 0.6 is 0 Å². The van der Waals surface area contributed by atoms with Crippen LogP contribution in [0.2, 0.25) is 0 Å². The second kappa shape index (κ2) is 3.42. The van der Waals surface area contributed by atoms with Crippen LogP contribution in [0.15, 0.2) is 24.3 Å². The molecule has 0 amide bonds. The molecule has 3 heteroatoms. The summed E-state index contributed by atoms with van der Waals surface area (Å²) < 4.78 is 5.81. The van der Waals surface area contributed by atoms with Crippen molar-refractivity contribution < 1.29 is 4.74 Å². The van der Waals surface area contributed by atoms with Gasteiger partial charge < -0.3 is 15.4 Å². The SMILES string of the molecule is Nc1ccc(N2C[C@@H]3CC[C@@H](C2)O3)cc1. The maximum absolute atomic E-state index is 5.81. The Kier molecular flexibility index (Phi) is 2.06. The minimum atomic E-state index is 0.446. The van der Waals surface area contributed by atoms with Gasteiger partial charge >= 0.3 is 0 Å². The Bertz CT molecular complexity index is 337. The maximum atomic E-state index is 5.81. The molecule has 2 saturated heterocycles. The first-order valence-corrected chi connectivity index (χ1v) is 5.57. The molecule has 0 unspecified atom stereocenters. The van der Waals surface area contributed by atoms with Crippen LogP contribution in [0.25, 0.3) is 0 Å². The first-order valence-electron chi connectivity index (χ1n) is 5.57. The van der Waals surface area contributed by atoms with E-state index in [9.17, 15) is 0 Å². The van der Waals surface area contributed by atoms with E-state index in [1.54, 1.807) is 0 Å². The highest BCUT2D eigenvalue weighted by Crippen LogP contribution is 2.29. The van der Waals surface area contributed by atoms with Crippen LogP contribution in [-0.4, -0.2) is 25.3 Å². The topological polar surface area (TPSA) is 38.5 Å². The highest BCUT2D eigenvalue weighted by molar-refractivity contribution is 5.53. The molecule has 3 nitrogen and oxygen atoms in total. The summed E-state index contributed by atoms with van der Waals surface area (Å²) in [5.74, 6) is 0. The van der Waals surface area contributed by atoms with Crippen LogP contribution < -0.4 is 10.6 Å². The van der Waals surface area contributed by atoms with Crippen LogP contribution in [0.1, 0.15) is 12.8 Å². The number of rotatable bonds is 1. The Morgan fingerprint density at radius 3 is 2.27 bits per heavy atom. The number of morpholine rings is 1. The molecule has 2 heterocycles. The normalized spacial score (nSPS) is 29.5. The van der Waals surface area contributed by atoms with Gasteiger partial charge in [0.2, 0.25) is 0 Å². The minimum Gasteiger partial charge on any atom is -0.399 e. The summed E-state index contributed by atoms with van der Waals surface area (Å²) in [7, 11) is 0. The minimum absolute atomic E-state index is 0.446. The average molecular weight is 204 g/mol. The van der Waals surface area contributed by atoms with Gasteiger partial charge in [0.05, 0.1) is 12.2 Å². The fourth-order valence-corrected chi connectivity index (χ4v) is 2.51. The van der Waals surface area contributed by atoms with Crippen molar-refractivity contribution in [2.75, 3.05) is 23.7 Å². The largest absolute Gasteiger partial charge is 0.399 e. The number of fused-ring (bicyclic) bond motifs is 2. The Labute approximate surface area is 89.8 Å². The number of ether oxygens (including phenoxy) is 1. The molecular weight excluding hydrogens is 188 g/mol. The fourth-order valence-electron chi connectivity index (χ4n) is 2.51. The number of nitrogens with two attached hydrogens (primary N) is 1. The molecule has 15 heavy (non-hydrogen) atoms. The fraction of sp³-hybridized carbons (Fsp3) is 0.500. The van der Waals surface area contributed by atoms with E-state index in [0.717, 1.165) is 18.8 Å². The summed E-state index contributed by atoms with van der Waals surface area (Å²) in [6.45, 7) is 2.06. The van der Waals surface area contributed by atoms with Gasteiger partial charge in [0.15, 0.2) is 0 Å². The summed E-state index contributed by atoms with van der Waals surface area (Å²) in [4.78, 5) is 2.41. The quantitative estimate of drug-likeness (QED) is 0.707. The predicted molar refractivity (Wildman–Crippen MR) is 61.0 cm³/mol. The molecule has 80 valence electrons. The lowest BCUT2D eigenvalue weighted by Crippen LogP contribution is -2.42. The van der Waals surface area contributed by atoms with Crippen LogP contribution in [0.4, 0.5) is 11.4 Å². The van der Waals surface area contributed by atoms with E-state index in [1.165, 1.54) is 18.5 Å². The molecule has 2 atom stereocenters. The van der Waals surface area contributed by atoms with Crippen LogP contribution in [0.5, 0.6) is 0 Å².